The molecule has 4 heterocycles. The van der Waals surface area contributed by atoms with Crippen molar-refractivity contribution in [3.63, 3.8) is 0 Å². The molecule has 1 fully saturated rings. The average Bonchev–Trinajstić information content (AvgIpc) is 3.65. The third kappa shape index (κ3) is 4.82. The van der Waals surface area contributed by atoms with Crippen molar-refractivity contribution >= 4 is 28.4 Å². The molecule has 1 saturated carbocycles. The van der Waals surface area contributed by atoms with E-state index >= 15 is 0 Å². The van der Waals surface area contributed by atoms with Crippen LogP contribution >= 0.6 is 11.8 Å². The third-order valence-corrected chi connectivity index (χ3v) is 9.03. The number of hydrogen-bond acceptors (Lipinski definition) is 3. The van der Waals surface area contributed by atoms with Crippen molar-refractivity contribution in [1.82, 2.24) is 14.5 Å². The Morgan fingerprint density at radius 3 is 2.64 bits per heavy atom. The number of rotatable bonds is 2. The number of para-hydroxylation sites is 1. The van der Waals surface area contributed by atoms with Crippen LogP contribution in [-0.2, 0) is 25.9 Å². The summed E-state index contributed by atoms with van der Waals surface area (Å²) in [7, 11) is 0. The van der Waals surface area contributed by atoms with E-state index < -0.39 is 0 Å². The third-order valence-electron chi connectivity index (χ3n) is 7.92. The number of imidazole rings is 1. The molecule has 0 bridgehead atoms. The van der Waals surface area contributed by atoms with Gasteiger partial charge in [-0.3, -0.25) is 4.98 Å². The quantitative estimate of drug-likeness (QED) is 0.172. The molecule has 5 heteroatoms. The van der Waals surface area contributed by atoms with Gasteiger partial charge in [-0.25, -0.2) is 0 Å². The van der Waals surface area contributed by atoms with Crippen molar-refractivity contribution in [2.75, 3.05) is 0 Å². The van der Waals surface area contributed by atoms with Crippen LogP contribution in [0.2, 0.25) is 0 Å². The summed E-state index contributed by atoms with van der Waals surface area (Å²) < 4.78 is 2.40. The number of benzene rings is 3. The molecule has 1 unspecified atom stereocenters. The van der Waals surface area contributed by atoms with E-state index in [1.165, 1.54) is 47.2 Å². The normalized spacial score (nSPS) is 17.4. The Labute approximate surface area is 248 Å². The first-order valence-electron chi connectivity index (χ1n) is 13.6. The van der Waals surface area contributed by atoms with E-state index in [2.05, 4.69) is 77.1 Å². The van der Waals surface area contributed by atoms with E-state index in [-0.39, 0.29) is 20.1 Å². The van der Waals surface area contributed by atoms with Gasteiger partial charge in [-0.2, -0.15) is 11.8 Å². The topological polar surface area (TPSA) is 30.7 Å². The molecule has 3 aliphatic rings. The zero-order valence-corrected chi connectivity index (χ0v) is 25.1. The van der Waals surface area contributed by atoms with E-state index in [0.29, 0.717) is 6.04 Å². The van der Waals surface area contributed by atoms with E-state index in [4.69, 9.17) is 4.98 Å². The van der Waals surface area contributed by atoms with Gasteiger partial charge in [0, 0.05) is 43.7 Å². The second-order valence-corrected chi connectivity index (χ2v) is 11.3. The molecular weight excluding hydrogens is 675 g/mol. The fourth-order valence-electron chi connectivity index (χ4n) is 6.18. The number of nitrogens with zero attached hydrogens (tertiary/aromatic N) is 3. The molecule has 3 nitrogen and oxygen atoms in total. The summed E-state index contributed by atoms with van der Waals surface area (Å²) in [5.74, 6) is 2.79. The molecule has 1 radical (unpaired) electrons. The van der Waals surface area contributed by atoms with Crippen molar-refractivity contribution in [3.05, 3.63) is 108 Å². The molecule has 39 heavy (non-hydrogen) atoms. The molecule has 2 aliphatic heterocycles. The van der Waals surface area contributed by atoms with Crippen molar-refractivity contribution in [2.45, 2.75) is 49.3 Å². The number of aromatic nitrogens is 3. The van der Waals surface area contributed by atoms with Crippen molar-refractivity contribution < 1.29 is 20.1 Å². The molecular formula is C34H29IrN3S-2. The van der Waals surface area contributed by atoms with Crippen LogP contribution in [0.1, 0.15) is 49.8 Å². The minimum absolute atomic E-state index is 0. The maximum atomic E-state index is 4.96. The first-order valence-corrected chi connectivity index (χ1v) is 14.5. The minimum Gasteiger partial charge on any atom is -0.358 e. The van der Waals surface area contributed by atoms with Gasteiger partial charge in [-0.05, 0) is 49.1 Å². The zero-order valence-electron chi connectivity index (χ0n) is 21.9. The minimum atomic E-state index is 0. The molecule has 0 saturated heterocycles. The van der Waals surface area contributed by atoms with Crippen LogP contribution in [0.5, 0.6) is 0 Å². The summed E-state index contributed by atoms with van der Waals surface area (Å²) in [6.45, 7) is 2.29. The Morgan fingerprint density at radius 1 is 0.923 bits per heavy atom. The summed E-state index contributed by atoms with van der Waals surface area (Å²) in [5, 5.41) is 0. The Bertz CT molecular complexity index is 1600. The van der Waals surface area contributed by atoms with Gasteiger partial charge in [0.2, 0.25) is 0 Å². The predicted molar refractivity (Wildman–Crippen MR) is 157 cm³/mol. The zero-order chi connectivity index (χ0) is 25.5. The monoisotopic (exact) mass is 704 g/mol. The Hall–Kier alpha value is -2.98. The van der Waals surface area contributed by atoms with Gasteiger partial charge < -0.3 is 9.55 Å². The Morgan fingerprint density at radius 2 is 1.79 bits per heavy atom. The van der Waals surface area contributed by atoms with Crippen LogP contribution in [0.15, 0.2) is 90.0 Å². The standard InChI is InChI=1S/C22H21N2.C12H8NS.Ir/c1-15-14-19(16-8-5-6-9-16)18-12-7-13-20-21(18)24(15)22(23-20)17-10-3-2-4-11-17;1-2-6-11-10(5-1)12-9(8-14-11)4-3-7-13-12;/h2-4,7,10,12-16H,5-6,8-9H2,1H3;1-4,6-7H,8H2;/q2*-1;. The van der Waals surface area contributed by atoms with Crippen LogP contribution in [0.4, 0.5) is 0 Å². The molecule has 0 amide bonds. The van der Waals surface area contributed by atoms with Crippen LogP contribution in [0, 0.1) is 18.1 Å². The fourth-order valence-corrected chi connectivity index (χ4v) is 7.20. The maximum absolute atomic E-state index is 4.96. The first-order chi connectivity index (χ1) is 18.8. The van der Waals surface area contributed by atoms with E-state index in [1.54, 1.807) is 5.57 Å². The largest absolute Gasteiger partial charge is 0.358 e. The summed E-state index contributed by atoms with van der Waals surface area (Å²) in [4.78, 5) is 10.7. The number of allylic oxidation sites excluding steroid dienone is 2. The van der Waals surface area contributed by atoms with Gasteiger partial charge in [0.25, 0.3) is 0 Å². The molecule has 5 aromatic rings. The predicted octanol–water partition coefficient (Wildman–Crippen LogP) is 8.80. The number of hydrogen-bond donors (Lipinski definition) is 0. The van der Waals surface area contributed by atoms with Crippen molar-refractivity contribution in [1.29, 1.82) is 0 Å². The smallest absolute Gasteiger partial charge is 0.0777 e. The second-order valence-electron chi connectivity index (χ2n) is 10.3. The van der Waals surface area contributed by atoms with Gasteiger partial charge in [-0.1, -0.05) is 47.6 Å². The van der Waals surface area contributed by atoms with E-state index in [0.717, 1.165) is 39.8 Å². The SMILES string of the molecule is CC1C=C(C2CCCC2)c2cccc3nc(-c4[c-]cccc4)n1c23.[Ir].[c-]1cccc2c1-c1ncccc1CS2. The summed E-state index contributed by atoms with van der Waals surface area (Å²) in [6, 6.07) is 31.9. The molecule has 0 spiro atoms. The molecule has 1 atom stereocenters. The Balaban J connectivity index is 0.000000158. The number of thioether (sulfide) groups is 1. The first kappa shape index (κ1) is 26.3. The molecule has 2 aromatic heterocycles. The van der Waals surface area contributed by atoms with Gasteiger partial charge in [0.15, 0.2) is 0 Å². The molecule has 197 valence electrons. The van der Waals surface area contributed by atoms with Crippen LogP contribution in [-0.4, -0.2) is 14.5 Å². The summed E-state index contributed by atoms with van der Waals surface area (Å²) in [5.41, 5.74) is 10.0. The van der Waals surface area contributed by atoms with Crippen molar-refractivity contribution in [2.24, 2.45) is 5.92 Å². The Kier molecular flexibility index (Phi) is 7.57. The van der Waals surface area contributed by atoms with Gasteiger partial charge in [0.1, 0.15) is 0 Å². The van der Waals surface area contributed by atoms with Gasteiger partial charge in [-0.15, -0.1) is 65.7 Å². The second kappa shape index (κ2) is 11.3. The van der Waals surface area contributed by atoms with Crippen LogP contribution in [0.25, 0.3) is 39.3 Å². The summed E-state index contributed by atoms with van der Waals surface area (Å²) >= 11 is 1.86. The maximum Gasteiger partial charge on any atom is 0.0777 e. The number of fused-ring (bicyclic) bond motifs is 3. The molecule has 3 aromatic carbocycles. The summed E-state index contributed by atoms with van der Waals surface area (Å²) in [6.07, 6.45) is 9.74. The fraction of sp³-hybridized carbons (Fsp3) is 0.235. The van der Waals surface area contributed by atoms with Gasteiger partial charge >= 0.3 is 0 Å². The van der Waals surface area contributed by atoms with Crippen LogP contribution in [0.3, 0.4) is 0 Å². The molecule has 8 rings (SSSR count). The van der Waals surface area contributed by atoms with Crippen molar-refractivity contribution in [3.8, 4) is 22.6 Å². The number of pyridine rings is 1. The van der Waals surface area contributed by atoms with E-state index in [1.807, 2.05) is 48.3 Å². The van der Waals surface area contributed by atoms with E-state index in [9.17, 15) is 0 Å². The molecule has 1 aliphatic carbocycles. The van der Waals surface area contributed by atoms with Crippen LogP contribution < -0.4 is 0 Å². The molecule has 0 N–H and O–H groups in total. The average molecular weight is 704 g/mol. The van der Waals surface area contributed by atoms with Gasteiger partial charge in [0.05, 0.1) is 16.9 Å².